The molecule has 0 aromatic heterocycles. The SMILES string of the molecule is CN(C)CCC=C1c2cc(Br)ccc2CCc2c(Br)cccc21. The number of aryl methyl sites for hydroxylation is 1. The van der Waals surface area contributed by atoms with Crippen molar-refractivity contribution in [1.82, 2.24) is 4.90 Å². The van der Waals surface area contributed by atoms with E-state index < -0.39 is 0 Å². The Morgan fingerprint density at radius 1 is 1.04 bits per heavy atom. The quantitative estimate of drug-likeness (QED) is 0.599. The maximum atomic E-state index is 3.75. The second-order valence-electron chi connectivity index (χ2n) is 6.28. The van der Waals surface area contributed by atoms with Crippen molar-refractivity contribution in [3.05, 3.63) is 73.7 Å². The van der Waals surface area contributed by atoms with E-state index >= 15 is 0 Å². The normalized spacial score (nSPS) is 15.4. The van der Waals surface area contributed by atoms with Crippen molar-refractivity contribution in [2.75, 3.05) is 20.6 Å². The van der Waals surface area contributed by atoms with Crippen molar-refractivity contribution < 1.29 is 0 Å². The second kappa shape index (κ2) is 7.33. The van der Waals surface area contributed by atoms with Gasteiger partial charge in [0, 0.05) is 15.5 Å². The molecule has 0 saturated heterocycles. The van der Waals surface area contributed by atoms with Crippen LogP contribution in [-0.2, 0) is 12.8 Å². The molecule has 1 aliphatic rings. The van der Waals surface area contributed by atoms with Gasteiger partial charge in [0.2, 0.25) is 0 Å². The van der Waals surface area contributed by atoms with Gasteiger partial charge in [-0.3, -0.25) is 0 Å². The molecule has 0 saturated carbocycles. The molecule has 23 heavy (non-hydrogen) atoms. The summed E-state index contributed by atoms with van der Waals surface area (Å²) in [6.45, 7) is 1.07. The summed E-state index contributed by atoms with van der Waals surface area (Å²) in [5.41, 5.74) is 6.98. The number of benzene rings is 2. The largest absolute Gasteiger partial charge is 0.309 e. The molecule has 0 atom stereocenters. The monoisotopic (exact) mass is 433 g/mol. The lowest BCUT2D eigenvalue weighted by molar-refractivity contribution is 0.417. The Bertz CT molecular complexity index is 743. The van der Waals surface area contributed by atoms with Gasteiger partial charge in [-0.2, -0.15) is 0 Å². The number of halogens is 2. The van der Waals surface area contributed by atoms with Gasteiger partial charge in [0.1, 0.15) is 0 Å². The molecule has 2 aromatic carbocycles. The van der Waals surface area contributed by atoms with E-state index in [0.717, 1.165) is 30.3 Å². The molecule has 120 valence electrons. The number of hydrogen-bond donors (Lipinski definition) is 0. The van der Waals surface area contributed by atoms with E-state index in [1.807, 2.05) is 0 Å². The third-order valence-corrected chi connectivity index (χ3v) is 5.58. The first-order chi connectivity index (χ1) is 11.1. The molecule has 2 aromatic rings. The lowest BCUT2D eigenvalue weighted by Gasteiger charge is -2.14. The second-order valence-corrected chi connectivity index (χ2v) is 8.05. The Labute approximate surface area is 155 Å². The maximum Gasteiger partial charge on any atom is 0.0213 e. The molecule has 1 nitrogen and oxygen atoms in total. The van der Waals surface area contributed by atoms with Crippen LogP contribution in [0.2, 0.25) is 0 Å². The van der Waals surface area contributed by atoms with Crippen molar-refractivity contribution in [1.29, 1.82) is 0 Å². The van der Waals surface area contributed by atoms with Crippen LogP contribution in [0.4, 0.5) is 0 Å². The minimum absolute atomic E-state index is 1.06. The van der Waals surface area contributed by atoms with E-state index in [1.54, 1.807) is 0 Å². The topological polar surface area (TPSA) is 3.24 Å². The molecule has 0 amide bonds. The Hall–Kier alpha value is -0.900. The first kappa shape index (κ1) is 16.9. The van der Waals surface area contributed by atoms with E-state index in [2.05, 4.69) is 93.3 Å². The minimum Gasteiger partial charge on any atom is -0.309 e. The van der Waals surface area contributed by atoms with Crippen LogP contribution >= 0.6 is 31.9 Å². The zero-order chi connectivity index (χ0) is 16.4. The van der Waals surface area contributed by atoms with Gasteiger partial charge in [0.25, 0.3) is 0 Å². The summed E-state index contributed by atoms with van der Waals surface area (Å²) < 4.78 is 2.37. The maximum absolute atomic E-state index is 3.75. The lowest BCUT2D eigenvalue weighted by atomic mass is 9.93. The minimum atomic E-state index is 1.06. The van der Waals surface area contributed by atoms with Crippen molar-refractivity contribution in [3.63, 3.8) is 0 Å². The Morgan fingerprint density at radius 3 is 2.65 bits per heavy atom. The van der Waals surface area contributed by atoms with Crippen LogP contribution in [0.1, 0.15) is 28.7 Å². The van der Waals surface area contributed by atoms with Gasteiger partial charge in [-0.25, -0.2) is 0 Å². The highest BCUT2D eigenvalue weighted by Crippen LogP contribution is 2.37. The molecule has 0 radical (unpaired) electrons. The van der Waals surface area contributed by atoms with Crippen LogP contribution in [0.25, 0.3) is 5.57 Å². The molecular formula is C20H21Br2N. The zero-order valence-electron chi connectivity index (χ0n) is 13.6. The van der Waals surface area contributed by atoms with Crippen LogP contribution in [0.15, 0.2) is 51.4 Å². The number of rotatable bonds is 3. The molecule has 0 fully saturated rings. The van der Waals surface area contributed by atoms with E-state index in [4.69, 9.17) is 0 Å². The first-order valence-corrected chi connectivity index (χ1v) is 9.56. The predicted octanol–water partition coefficient (Wildman–Crippen LogP) is 5.69. The fraction of sp³-hybridized carbons (Fsp3) is 0.300. The Balaban J connectivity index is 2.14. The summed E-state index contributed by atoms with van der Waals surface area (Å²) in [5, 5.41) is 0. The van der Waals surface area contributed by atoms with E-state index in [1.165, 1.54) is 32.3 Å². The molecule has 3 heteroatoms. The van der Waals surface area contributed by atoms with Gasteiger partial charge in [-0.1, -0.05) is 56.1 Å². The summed E-state index contributed by atoms with van der Waals surface area (Å²) in [4.78, 5) is 2.23. The van der Waals surface area contributed by atoms with E-state index in [-0.39, 0.29) is 0 Å². The van der Waals surface area contributed by atoms with Crippen LogP contribution in [0.3, 0.4) is 0 Å². The fourth-order valence-electron chi connectivity index (χ4n) is 3.17. The Morgan fingerprint density at radius 2 is 1.87 bits per heavy atom. The molecule has 3 rings (SSSR count). The number of hydrogen-bond acceptors (Lipinski definition) is 1. The Kier molecular flexibility index (Phi) is 5.40. The van der Waals surface area contributed by atoms with Gasteiger partial charge in [-0.15, -0.1) is 0 Å². The van der Waals surface area contributed by atoms with E-state index in [0.29, 0.717) is 0 Å². The first-order valence-electron chi connectivity index (χ1n) is 7.97. The van der Waals surface area contributed by atoms with Crippen molar-refractivity contribution in [2.24, 2.45) is 0 Å². The van der Waals surface area contributed by atoms with Crippen LogP contribution in [0.5, 0.6) is 0 Å². The average molecular weight is 435 g/mol. The molecule has 0 bridgehead atoms. The third-order valence-electron chi connectivity index (χ3n) is 4.34. The van der Waals surface area contributed by atoms with Gasteiger partial charge >= 0.3 is 0 Å². The summed E-state index contributed by atoms with van der Waals surface area (Å²) in [6.07, 6.45) is 5.63. The highest BCUT2D eigenvalue weighted by molar-refractivity contribution is 9.10. The molecule has 0 aliphatic heterocycles. The number of fused-ring (bicyclic) bond motifs is 2. The summed E-state index contributed by atoms with van der Waals surface area (Å²) in [6, 6.07) is 13.2. The molecular weight excluding hydrogens is 414 g/mol. The van der Waals surface area contributed by atoms with Gasteiger partial charge in [0.15, 0.2) is 0 Å². The van der Waals surface area contributed by atoms with Crippen LogP contribution in [-0.4, -0.2) is 25.5 Å². The number of nitrogens with zero attached hydrogens (tertiary/aromatic N) is 1. The van der Waals surface area contributed by atoms with Crippen LogP contribution < -0.4 is 0 Å². The average Bonchev–Trinajstić information content (AvgIpc) is 2.65. The van der Waals surface area contributed by atoms with Gasteiger partial charge in [0.05, 0.1) is 0 Å². The molecule has 0 unspecified atom stereocenters. The molecule has 1 aliphatic carbocycles. The fourth-order valence-corrected chi connectivity index (χ4v) is 4.10. The zero-order valence-corrected chi connectivity index (χ0v) is 16.7. The van der Waals surface area contributed by atoms with Gasteiger partial charge in [-0.05, 0) is 79.4 Å². The highest BCUT2D eigenvalue weighted by atomic mass is 79.9. The van der Waals surface area contributed by atoms with Crippen molar-refractivity contribution in [2.45, 2.75) is 19.3 Å². The lowest BCUT2D eigenvalue weighted by Crippen LogP contribution is -2.12. The predicted molar refractivity (Wildman–Crippen MR) is 106 cm³/mol. The van der Waals surface area contributed by atoms with Crippen LogP contribution in [0, 0.1) is 0 Å². The van der Waals surface area contributed by atoms with Crippen molar-refractivity contribution >= 4 is 37.4 Å². The highest BCUT2D eigenvalue weighted by Gasteiger charge is 2.19. The summed E-state index contributed by atoms with van der Waals surface area (Å²) in [7, 11) is 4.25. The standard InChI is InChI=1S/C20H21Br2N/c1-23(2)12-4-6-17-16-5-3-7-20(22)18(16)11-9-14-8-10-15(21)13-19(14)17/h3,5-8,10,13H,4,9,11-12H2,1-2H3. The molecule has 0 heterocycles. The van der Waals surface area contributed by atoms with E-state index in [9.17, 15) is 0 Å². The third kappa shape index (κ3) is 3.78. The summed E-state index contributed by atoms with van der Waals surface area (Å²) in [5.74, 6) is 0. The molecule has 0 spiro atoms. The molecule has 0 N–H and O–H groups in total. The van der Waals surface area contributed by atoms with Crippen molar-refractivity contribution in [3.8, 4) is 0 Å². The summed E-state index contributed by atoms with van der Waals surface area (Å²) >= 11 is 7.39. The van der Waals surface area contributed by atoms with Gasteiger partial charge < -0.3 is 4.90 Å². The smallest absolute Gasteiger partial charge is 0.0213 e.